The van der Waals surface area contributed by atoms with E-state index in [0.717, 1.165) is 27.3 Å². The summed E-state index contributed by atoms with van der Waals surface area (Å²) < 4.78 is 0. The van der Waals surface area contributed by atoms with Crippen LogP contribution in [0.4, 0.5) is 0 Å². The van der Waals surface area contributed by atoms with Crippen molar-refractivity contribution in [3.05, 3.63) is 95.2 Å². The lowest BCUT2D eigenvalue weighted by Crippen LogP contribution is -2.45. The maximum Gasteiger partial charge on any atom is 0.310 e. The fourth-order valence-electron chi connectivity index (χ4n) is 3.83. The molecule has 5 aromatic rings. The smallest absolute Gasteiger partial charge is 0.310 e. The van der Waals surface area contributed by atoms with E-state index < -0.39 is 17.6 Å². The van der Waals surface area contributed by atoms with Crippen molar-refractivity contribution in [2.45, 2.75) is 17.8 Å². The molecule has 8 nitrogen and oxygen atoms in total. The summed E-state index contributed by atoms with van der Waals surface area (Å²) in [6.07, 6.45) is 0. The Hall–Kier alpha value is -4.37. The highest BCUT2D eigenvalue weighted by atomic mass is 32.2. The van der Waals surface area contributed by atoms with Gasteiger partial charge in [-0.15, -0.1) is 0 Å². The molecule has 0 spiro atoms. The Morgan fingerprint density at radius 1 is 0.857 bits per heavy atom. The number of aryl methyl sites for hydroxylation is 1. The number of carbonyl (C=O) groups excluding carboxylic acids is 3. The molecule has 0 saturated carbocycles. The van der Waals surface area contributed by atoms with Crippen molar-refractivity contribution in [2.24, 2.45) is 0 Å². The number of carbonyl (C=O) groups is 3. The normalized spacial score (nSPS) is 11.0. The number of aromatic nitrogens is 3. The van der Waals surface area contributed by atoms with Gasteiger partial charge >= 0.3 is 5.91 Å². The Kier molecular flexibility index (Phi) is 6.07. The molecule has 0 unspecified atom stereocenters. The van der Waals surface area contributed by atoms with E-state index >= 15 is 0 Å². The number of fused-ring (bicyclic) bond motifs is 2. The van der Waals surface area contributed by atoms with Gasteiger partial charge in [-0.2, -0.15) is 0 Å². The van der Waals surface area contributed by atoms with E-state index in [1.807, 2.05) is 48.5 Å². The van der Waals surface area contributed by atoms with Crippen LogP contribution in [-0.2, 0) is 10.5 Å². The number of nitrogens with zero attached hydrogens (tertiary/aromatic N) is 1. The fraction of sp³-hybridized carbons (Fsp3) is 0.0769. The molecule has 0 fully saturated rings. The zero-order valence-electron chi connectivity index (χ0n) is 18.7. The van der Waals surface area contributed by atoms with E-state index in [4.69, 9.17) is 0 Å². The average Bonchev–Trinajstić information content (AvgIpc) is 3.45. The Morgan fingerprint density at radius 2 is 1.57 bits per heavy atom. The third-order valence-corrected chi connectivity index (χ3v) is 6.52. The van der Waals surface area contributed by atoms with Crippen LogP contribution in [0.2, 0.25) is 0 Å². The first kappa shape index (κ1) is 22.4. The van der Waals surface area contributed by atoms with Crippen molar-refractivity contribution in [3.8, 4) is 0 Å². The van der Waals surface area contributed by atoms with Crippen molar-refractivity contribution >= 4 is 51.3 Å². The molecule has 35 heavy (non-hydrogen) atoms. The SMILES string of the molecule is Cc1[nH]c2ccccc2c1C(=O)C(=O)NNC(=O)c1ccc(CSc2nc3ccccc3[nH]2)cc1. The van der Waals surface area contributed by atoms with Gasteiger partial charge in [0.15, 0.2) is 5.16 Å². The van der Waals surface area contributed by atoms with Gasteiger partial charge in [-0.05, 0) is 42.8 Å². The minimum Gasteiger partial charge on any atom is -0.358 e. The fourth-order valence-corrected chi connectivity index (χ4v) is 4.67. The highest BCUT2D eigenvalue weighted by molar-refractivity contribution is 7.98. The van der Waals surface area contributed by atoms with Gasteiger partial charge in [0.05, 0.1) is 16.6 Å². The summed E-state index contributed by atoms with van der Waals surface area (Å²) in [7, 11) is 0. The molecule has 174 valence electrons. The highest BCUT2D eigenvalue weighted by Gasteiger charge is 2.23. The molecule has 0 radical (unpaired) electrons. The van der Waals surface area contributed by atoms with Crippen molar-refractivity contribution < 1.29 is 14.4 Å². The molecule has 9 heteroatoms. The van der Waals surface area contributed by atoms with Gasteiger partial charge < -0.3 is 9.97 Å². The number of rotatable bonds is 6. The van der Waals surface area contributed by atoms with Crippen LogP contribution < -0.4 is 10.9 Å². The summed E-state index contributed by atoms with van der Waals surface area (Å²) in [6.45, 7) is 1.73. The van der Waals surface area contributed by atoms with Gasteiger partial charge in [-0.25, -0.2) is 4.98 Å². The Morgan fingerprint density at radius 3 is 2.34 bits per heavy atom. The third kappa shape index (κ3) is 4.67. The van der Waals surface area contributed by atoms with Crippen LogP contribution in [0.3, 0.4) is 0 Å². The molecule has 2 aromatic heterocycles. The summed E-state index contributed by atoms with van der Waals surface area (Å²) in [5.74, 6) is -1.47. The first-order chi connectivity index (χ1) is 17.0. The molecule has 0 aliphatic heterocycles. The van der Waals surface area contributed by atoms with Crippen LogP contribution in [0.25, 0.3) is 21.9 Å². The number of hydrazine groups is 1. The number of hydrogen-bond acceptors (Lipinski definition) is 5. The van der Waals surface area contributed by atoms with Crippen molar-refractivity contribution in [1.29, 1.82) is 0 Å². The summed E-state index contributed by atoms with van der Waals surface area (Å²) in [5, 5.41) is 1.48. The van der Waals surface area contributed by atoms with E-state index in [1.165, 1.54) is 0 Å². The summed E-state index contributed by atoms with van der Waals surface area (Å²) in [5.41, 5.74) is 9.46. The Balaban J connectivity index is 1.17. The minimum atomic E-state index is -0.912. The molecular formula is C26H21N5O3S. The van der Waals surface area contributed by atoms with E-state index in [1.54, 1.807) is 43.0 Å². The van der Waals surface area contributed by atoms with Crippen molar-refractivity contribution in [2.75, 3.05) is 0 Å². The molecule has 2 amide bonds. The molecule has 4 N–H and O–H groups in total. The number of nitrogens with one attached hydrogen (secondary N) is 4. The van der Waals surface area contributed by atoms with Gasteiger partial charge in [-0.3, -0.25) is 25.2 Å². The molecule has 0 aliphatic carbocycles. The number of thioether (sulfide) groups is 1. The number of imidazole rings is 1. The molecule has 3 aromatic carbocycles. The number of H-pyrrole nitrogens is 2. The van der Waals surface area contributed by atoms with Crippen LogP contribution in [0.15, 0.2) is 78.0 Å². The molecule has 0 bridgehead atoms. The van der Waals surface area contributed by atoms with Crippen LogP contribution in [0.5, 0.6) is 0 Å². The maximum absolute atomic E-state index is 12.7. The highest BCUT2D eigenvalue weighted by Crippen LogP contribution is 2.24. The molecule has 0 saturated heterocycles. The topological polar surface area (TPSA) is 120 Å². The van der Waals surface area contributed by atoms with E-state index in [0.29, 0.717) is 28.0 Å². The van der Waals surface area contributed by atoms with Crippen molar-refractivity contribution in [3.63, 3.8) is 0 Å². The predicted molar refractivity (Wildman–Crippen MR) is 135 cm³/mol. The quantitative estimate of drug-likeness (QED) is 0.124. The number of Topliss-reactive ketones (excluding diaryl/α,β-unsaturated/α-hetero) is 1. The monoisotopic (exact) mass is 483 g/mol. The third-order valence-electron chi connectivity index (χ3n) is 5.58. The summed E-state index contributed by atoms with van der Waals surface area (Å²) in [4.78, 5) is 48.5. The standard InChI is InChI=1S/C26H21N5O3S/c1-15-22(18-6-2-3-7-19(18)27-15)23(32)25(34)31-30-24(33)17-12-10-16(11-13-17)14-35-26-28-20-8-4-5-9-21(20)29-26/h2-13,27H,14H2,1H3,(H,28,29)(H,30,33)(H,31,34). The zero-order chi connectivity index (χ0) is 24.4. The Bertz CT molecular complexity index is 1540. The number of aromatic amines is 2. The predicted octanol–water partition coefficient (Wildman–Crippen LogP) is 4.29. The lowest BCUT2D eigenvalue weighted by atomic mass is 10.1. The van der Waals surface area contributed by atoms with Crippen LogP contribution in [0, 0.1) is 6.92 Å². The second-order valence-electron chi connectivity index (χ2n) is 7.95. The van der Waals surface area contributed by atoms with Gasteiger partial charge in [0.2, 0.25) is 0 Å². The van der Waals surface area contributed by atoms with Gasteiger partial charge in [0.25, 0.3) is 11.7 Å². The maximum atomic E-state index is 12.7. The lowest BCUT2D eigenvalue weighted by Gasteiger charge is -2.08. The van der Waals surface area contributed by atoms with E-state index in [9.17, 15) is 14.4 Å². The van der Waals surface area contributed by atoms with Crippen LogP contribution in [0.1, 0.15) is 32.0 Å². The zero-order valence-corrected chi connectivity index (χ0v) is 19.5. The second-order valence-corrected chi connectivity index (χ2v) is 8.92. The van der Waals surface area contributed by atoms with Gasteiger partial charge in [0.1, 0.15) is 0 Å². The minimum absolute atomic E-state index is 0.290. The number of benzene rings is 3. The van der Waals surface area contributed by atoms with E-state index in [-0.39, 0.29) is 0 Å². The van der Waals surface area contributed by atoms with Gasteiger partial charge in [-0.1, -0.05) is 54.2 Å². The molecule has 5 rings (SSSR count). The molecule has 0 atom stereocenters. The molecule has 0 aliphatic rings. The first-order valence-electron chi connectivity index (χ1n) is 10.9. The largest absolute Gasteiger partial charge is 0.358 e. The average molecular weight is 484 g/mol. The van der Waals surface area contributed by atoms with Crippen LogP contribution >= 0.6 is 11.8 Å². The van der Waals surface area contributed by atoms with E-state index in [2.05, 4.69) is 25.8 Å². The first-order valence-corrected chi connectivity index (χ1v) is 11.9. The number of amides is 2. The van der Waals surface area contributed by atoms with Crippen molar-refractivity contribution in [1.82, 2.24) is 25.8 Å². The van der Waals surface area contributed by atoms with Crippen LogP contribution in [-0.4, -0.2) is 32.5 Å². The second kappa shape index (κ2) is 9.47. The summed E-state index contributed by atoms with van der Waals surface area (Å²) in [6, 6.07) is 22.1. The summed E-state index contributed by atoms with van der Waals surface area (Å²) >= 11 is 1.57. The van der Waals surface area contributed by atoms with Gasteiger partial charge in [0, 0.05) is 27.9 Å². The number of ketones is 1. The number of para-hydroxylation sites is 3. The molecule has 2 heterocycles. The molecular weight excluding hydrogens is 462 g/mol. The number of hydrogen-bond donors (Lipinski definition) is 4. The lowest BCUT2D eigenvalue weighted by molar-refractivity contribution is -0.117. The Labute approximate surface area is 204 Å².